The second kappa shape index (κ2) is 24.8. The summed E-state index contributed by atoms with van der Waals surface area (Å²) in [5.74, 6) is 0. The van der Waals surface area contributed by atoms with E-state index in [2.05, 4.69) is 62.3 Å². The van der Waals surface area contributed by atoms with Crippen LogP contribution in [0.2, 0.25) is 0 Å². The highest BCUT2D eigenvalue weighted by molar-refractivity contribution is 6.37. The minimum atomic E-state index is -2.46. The van der Waals surface area contributed by atoms with Gasteiger partial charge in [0.1, 0.15) is 0 Å². The van der Waals surface area contributed by atoms with Crippen molar-refractivity contribution in [1.82, 2.24) is 0 Å². The summed E-state index contributed by atoms with van der Waals surface area (Å²) in [6.07, 6.45) is 28.3. The highest BCUT2D eigenvalue weighted by Gasteiger charge is 2.50. The Bertz CT molecular complexity index is 452. The Balaban J connectivity index is 6.76. The molecule has 0 spiro atoms. The van der Waals surface area contributed by atoms with Gasteiger partial charge in [0.2, 0.25) is 0 Å². The second-order valence-electron chi connectivity index (χ2n) is 13.1. The summed E-state index contributed by atoms with van der Waals surface area (Å²) >= 11 is -2.46. The fraction of sp³-hybridized carbons (Fsp3) is 1.00. The van der Waals surface area contributed by atoms with Gasteiger partial charge in [-0.3, -0.25) is 0 Å². The van der Waals surface area contributed by atoms with Crippen LogP contribution in [0, 0.1) is 0 Å². The molecule has 0 aromatic carbocycles. The highest BCUT2D eigenvalue weighted by atomic mass is 27.3. The van der Waals surface area contributed by atoms with E-state index in [-0.39, 0.29) is 16.8 Å². The monoisotopic (exact) mass is 583 g/mol. The molecule has 0 aliphatic rings. The largest absolute Gasteiger partial charge is 0.906 e. The molecule has 4 heteroatoms. The molecule has 0 amide bonds. The fourth-order valence-corrected chi connectivity index (χ4v) is 9.13. The van der Waals surface area contributed by atoms with Crippen molar-refractivity contribution in [1.29, 1.82) is 0 Å². The maximum absolute atomic E-state index is 7.50. The van der Waals surface area contributed by atoms with Gasteiger partial charge in [0.05, 0.1) is 0 Å². The number of unbranched alkanes of at least 4 members (excludes halogenated alkanes) is 6. The van der Waals surface area contributed by atoms with Crippen LogP contribution in [0.15, 0.2) is 0 Å². The molecule has 0 atom stereocenters. The summed E-state index contributed by atoms with van der Waals surface area (Å²) in [4.78, 5) is 0. The van der Waals surface area contributed by atoms with Gasteiger partial charge in [0.15, 0.2) is 0 Å². The first-order chi connectivity index (χ1) is 19.3. The fourth-order valence-electron chi connectivity index (χ4n) is 6.70. The first-order valence-electron chi connectivity index (χ1n) is 18.4. The molecule has 0 rings (SSSR count). The third-order valence-electron chi connectivity index (χ3n) is 9.07. The lowest BCUT2D eigenvalue weighted by atomic mass is 9.87. The van der Waals surface area contributed by atoms with Gasteiger partial charge >= 0.3 is 15.1 Å². The standard InChI is InChI=1S/3C12H25O.Al/c3*1-4-7-10-12(13,9-6-3)11-8-5-2;/h3*4-11H2,1-3H3;/q3*-1;+3. The summed E-state index contributed by atoms with van der Waals surface area (Å²) in [7, 11) is 0. The molecular formula is C36H75AlO3. The lowest BCUT2D eigenvalue weighted by molar-refractivity contribution is -0.111. The maximum atomic E-state index is 7.50. The Kier molecular flexibility index (Phi) is 25.1. The van der Waals surface area contributed by atoms with Crippen molar-refractivity contribution in [3.05, 3.63) is 0 Å². The van der Waals surface area contributed by atoms with Crippen molar-refractivity contribution in [3.8, 4) is 0 Å². The highest BCUT2D eigenvalue weighted by Crippen LogP contribution is 2.40. The normalized spacial score (nSPS) is 12.8. The molecule has 0 heterocycles. The van der Waals surface area contributed by atoms with Crippen LogP contribution in [0.4, 0.5) is 0 Å². The van der Waals surface area contributed by atoms with E-state index in [1.807, 2.05) is 0 Å². The average Bonchev–Trinajstić information content (AvgIpc) is 2.95. The summed E-state index contributed by atoms with van der Waals surface area (Å²) < 4.78 is 22.5. The first kappa shape index (κ1) is 40.4. The Hall–Kier alpha value is 0.412. The van der Waals surface area contributed by atoms with Crippen molar-refractivity contribution in [2.75, 3.05) is 0 Å². The molecule has 40 heavy (non-hydrogen) atoms. The van der Waals surface area contributed by atoms with Gasteiger partial charge < -0.3 is 11.4 Å². The SMILES string of the molecule is CCCCC(CCC)(CCCC)[O][Al]([O]C(CCC)(CCCC)CCCC)[O]C(CCC)(CCCC)CCCC. The van der Waals surface area contributed by atoms with Gasteiger partial charge in [-0.05, 0) is 57.8 Å². The van der Waals surface area contributed by atoms with Crippen LogP contribution in [-0.2, 0) is 11.4 Å². The molecule has 0 unspecified atom stereocenters. The Morgan fingerprint density at radius 2 is 0.500 bits per heavy atom. The summed E-state index contributed by atoms with van der Waals surface area (Å²) in [6.45, 7) is 20.9. The van der Waals surface area contributed by atoms with Gasteiger partial charge in [-0.15, -0.1) is 0 Å². The number of hydrogen-bond acceptors (Lipinski definition) is 3. The van der Waals surface area contributed by atoms with Crippen molar-refractivity contribution < 1.29 is 11.4 Å². The van der Waals surface area contributed by atoms with E-state index >= 15 is 0 Å². The predicted octanol–water partition coefficient (Wildman–Crippen LogP) is 12.8. The zero-order chi connectivity index (χ0) is 30.2. The van der Waals surface area contributed by atoms with Crippen LogP contribution >= 0.6 is 0 Å². The molecule has 240 valence electrons. The quantitative estimate of drug-likeness (QED) is 0.0788. The topological polar surface area (TPSA) is 27.7 Å². The minimum absolute atomic E-state index is 0.0986. The van der Waals surface area contributed by atoms with Crippen LogP contribution in [-0.4, -0.2) is 32.0 Å². The molecule has 0 aliphatic carbocycles. The van der Waals surface area contributed by atoms with Gasteiger partial charge in [-0.25, -0.2) is 0 Å². The van der Waals surface area contributed by atoms with Gasteiger partial charge in [0, 0.05) is 16.8 Å². The van der Waals surface area contributed by atoms with E-state index in [1.165, 1.54) is 77.0 Å². The van der Waals surface area contributed by atoms with E-state index in [1.54, 1.807) is 0 Å². The molecule has 0 aromatic heterocycles. The van der Waals surface area contributed by atoms with Gasteiger partial charge in [-0.1, -0.05) is 159 Å². The van der Waals surface area contributed by atoms with Crippen LogP contribution in [0.5, 0.6) is 0 Å². The molecule has 0 saturated carbocycles. The van der Waals surface area contributed by atoms with Gasteiger partial charge in [-0.2, -0.15) is 0 Å². The van der Waals surface area contributed by atoms with Gasteiger partial charge in [0.25, 0.3) is 0 Å². The molecule has 0 fully saturated rings. The van der Waals surface area contributed by atoms with E-state index in [0.717, 1.165) is 77.0 Å². The third kappa shape index (κ3) is 16.3. The molecule has 0 aromatic rings. The predicted molar refractivity (Wildman–Crippen MR) is 179 cm³/mol. The number of rotatable bonds is 30. The molecule has 0 aliphatic heterocycles. The summed E-state index contributed by atoms with van der Waals surface area (Å²) in [5, 5.41) is 0. The first-order valence-corrected chi connectivity index (χ1v) is 19.8. The lowest BCUT2D eigenvalue weighted by Gasteiger charge is -2.44. The third-order valence-corrected chi connectivity index (χ3v) is 11.1. The molecule has 3 nitrogen and oxygen atoms in total. The second-order valence-corrected chi connectivity index (χ2v) is 14.3. The van der Waals surface area contributed by atoms with E-state index in [4.69, 9.17) is 11.4 Å². The van der Waals surface area contributed by atoms with Crippen molar-refractivity contribution >= 4 is 15.1 Å². The number of hydrogen-bond donors (Lipinski definition) is 0. The molecule has 0 saturated heterocycles. The summed E-state index contributed by atoms with van der Waals surface area (Å²) in [5.41, 5.74) is -0.296. The van der Waals surface area contributed by atoms with Crippen LogP contribution < -0.4 is 0 Å². The molecule has 0 radical (unpaired) electrons. The van der Waals surface area contributed by atoms with Crippen molar-refractivity contribution in [3.63, 3.8) is 0 Å². The maximum Gasteiger partial charge on any atom is 0.906 e. The Morgan fingerprint density at radius 3 is 0.650 bits per heavy atom. The molecule has 0 N–H and O–H groups in total. The van der Waals surface area contributed by atoms with Crippen LogP contribution in [0.25, 0.3) is 0 Å². The van der Waals surface area contributed by atoms with Crippen LogP contribution in [0.3, 0.4) is 0 Å². The van der Waals surface area contributed by atoms with Crippen molar-refractivity contribution in [2.45, 2.75) is 233 Å². The smallest absolute Gasteiger partial charge is 0.449 e. The minimum Gasteiger partial charge on any atom is -0.449 e. The zero-order valence-corrected chi connectivity index (χ0v) is 30.4. The lowest BCUT2D eigenvalue weighted by Crippen LogP contribution is -2.52. The average molecular weight is 583 g/mol. The van der Waals surface area contributed by atoms with E-state index < -0.39 is 15.1 Å². The zero-order valence-electron chi connectivity index (χ0n) is 29.3. The van der Waals surface area contributed by atoms with Crippen LogP contribution in [0.1, 0.15) is 216 Å². The Labute approximate surface area is 259 Å². The molecular weight excluding hydrogens is 507 g/mol. The Morgan fingerprint density at radius 1 is 0.300 bits per heavy atom. The molecule has 0 bridgehead atoms. The summed E-state index contributed by atoms with van der Waals surface area (Å²) in [6, 6.07) is 0. The van der Waals surface area contributed by atoms with E-state index in [0.29, 0.717) is 0 Å². The van der Waals surface area contributed by atoms with Crippen molar-refractivity contribution in [2.24, 2.45) is 0 Å². The van der Waals surface area contributed by atoms with E-state index in [9.17, 15) is 0 Å².